The van der Waals surface area contributed by atoms with E-state index in [1.54, 1.807) is 0 Å². The zero-order valence-electron chi connectivity index (χ0n) is 18.4. The smallest absolute Gasteiger partial charge is 0.254 e. The van der Waals surface area contributed by atoms with Gasteiger partial charge in [-0.3, -0.25) is 9.69 Å². The molecule has 6 nitrogen and oxygen atoms in total. The van der Waals surface area contributed by atoms with Crippen molar-refractivity contribution < 1.29 is 9.47 Å². The van der Waals surface area contributed by atoms with Crippen molar-refractivity contribution in [3.05, 3.63) is 75.2 Å². The molecular weight excluding hydrogens is 390 g/mol. The highest BCUT2D eigenvalue weighted by Crippen LogP contribution is 2.29. The van der Waals surface area contributed by atoms with Gasteiger partial charge < -0.3 is 14.5 Å². The van der Waals surface area contributed by atoms with E-state index in [2.05, 4.69) is 16.0 Å². The van der Waals surface area contributed by atoms with Crippen molar-refractivity contribution in [2.24, 2.45) is 0 Å². The van der Waals surface area contributed by atoms with Crippen molar-refractivity contribution in [2.75, 3.05) is 19.8 Å². The molecule has 0 fully saturated rings. The van der Waals surface area contributed by atoms with Crippen molar-refractivity contribution in [3.8, 4) is 22.9 Å². The van der Waals surface area contributed by atoms with Crippen molar-refractivity contribution in [3.63, 3.8) is 0 Å². The predicted octanol–water partition coefficient (Wildman–Crippen LogP) is 4.10. The summed E-state index contributed by atoms with van der Waals surface area (Å²) in [6, 6.07) is 14.1. The maximum absolute atomic E-state index is 12.7. The van der Waals surface area contributed by atoms with E-state index < -0.39 is 0 Å². The van der Waals surface area contributed by atoms with Crippen molar-refractivity contribution in [2.45, 2.75) is 40.3 Å². The van der Waals surface area contributed by atoms with Crippen LogP contribution in [0.2, 0.25) is 0 Å². The van der Waals surface area contributed by atoms with Gasteiger partial charge in [0.15, 0.2) is 11.5 Å². The fourth-order valence-electron chi connectivity index (χ4n) is 3.93. The topological polar surface area (TPSA) is 67.5 Å². The van der Waals surface area contributed by atoms with Gasteiger partial charge in [0.25, 0.3) is 5.56 Å². The Hall–Kier alpha value is -3.12. The van der Waals surface area contributed by atoms with Crippen molar-refractivity contribution >= 4 is 0 Å². The van der Waals surface area contributed by atoms with Gasteiger partial charge in [-0.1, -0.05) is 35.9 Å². The predicted molar refractivity (Wildman–Crippen MR) is 122 cm³/mol. The fourth-order valence-corrected chi connectivity index (χ4v) is 3.93. The minimum Gasteiger partial charge on any atom is -0.490 e. The van der Waals surface area contributed by atoms with Crippen LogP contribution in [0.25, 0.3) is 11.4 Å². The highest BCUT2D eigenvalue weighted by Gasteiger charge is 2.22. The van der Waals surface area contributed by atoms with E-state index in [0.29, 0.717) is 32.0 Å². The number of aromatic amines is 1. The summed E-state index contributed by atoms with van der Waals surface area (Å²) in [6.45, 7) is 9.41. The van der Waals surface area contributed by atoms with Gasteiger partial charge in [-0.2, -0.15) is 0 Å². The lowest BCUT2D eigenvalue weighted by molar-refractivity contribution is 0.239. The molecule has 0 radical (unpaired) electrons. The van der Waals surface area contributed by atoms with Crippen LogP contribution in [0.15, 0.2) is 47.3 Å². The minimum atomic E-state index is -0.0278. The zero-order chi connectivity index (χ0) is 21.8. The molecule has 0 saturated heterocycles. The number of nitrogens with one attached hydrogen (secondary N) is 1. The number of hydrogen-bond donors (Lipinski definition) is 1. The third kappa shape index (κ3) is 4.80. The first-order valence-corrected chi connectivity index (χ1v) is 10.9. The molecule has 2 heterocycles. The van der Waals surface area contributed by atoms with E-state index in [0.717, 1.165) is 47.0 Å². The van der Waals surface area contributed by atoms with E-state index in [9.17, 15) is 4.79 Å². The Balaban J connectivity index is 1.55. The average molecular weight is 420 g/mol. The van der Waals surface area contributed by atoms with Gasteiger partial charge in [-0.25, -0.2) is 4.98 Å². The lowest BCUT2D eigenvalue weighted by Gasteiger charge is -2.28. The third-order valence-electron chi connectivity index (χ3n) is 5.49. The van der Waals surface area contributed by atoms with Crippen molar-refractivity contribution in [1.82, 2.24) is 14.9 Å². The Bertz CT molecular complexity index is 1110. The molecule has 1 aliphatic heterocycles. The molecule has 3 aromatic rings. The van der Waals surface area contributed by atoms with Crippen molar-refractivity contribution in [1.29, 1.82) is 0 Å². The molecule has 0 atom stereocenters. The van der Waals surface area contributed by atoms with Gasteiger partial charge in [0, 0.05) is 30.8 Å². The van der Waals surface area contributed by atoms with E-state index in [1.807, 2.05) is 57.2 Å². The molecule has 31 heavy (non-hydrogen) atoms. The molecule has 162 valence electrons. The molecule has 1 aliphatic rings. The summed E-state index contributed by atoms with van der Waals surface area (Å²) >= 11 is 0. The molecule has 0 saturated carbocycles. The summed E-state index contributed by atoms with van der Waals surface area (Å²) < 4.78 is 11.4. The fraction of sp³-hybridized carbons (Fsp3) is 0.360. The Kier molecular flexibility index (Phi) is 6.37. The van der Waals surface area contributed by atoms with Gasteiger partial charge in [-0.15, -0.1) is 0 Å². The number of ether oxygens (including phenoxy) is 2. The first-order valence-electron chi connectivity index (χ1n) is 10.9. The number of H-pyrrole nitrogens is 1. The van der Waals surface area contributed by atoms with Gasteiger partial charge in [0.05, 0.1) is 18.9 Å². The quantitative estimate of drug-likeness (QED) is 0.624. The van der Waals surface area contributed by atoms with Gasteiger partial charge in [-0.05, 0) is 44.9 Å². The van der Waals surface area contributed by atoms with E-state index >= 15 is 0 Å². The molecule has 0 unspecified atom stereocenters. The average Bonchev–Trinajstić information content (AvgIpc) is 2.76. The Morgan fingerprint density at radius 3 is 2.52 bits per heavy atom. The summed E-state index contributed by atoms with van der Waals surface area (Å²) in [6.07, 6.45) is 0.696. The molecule has 2 aromatic carbocycles. The van der Waals surface area contributed by atoms with Crippen LogP contribution >= 0.6 is 0 Å². The largest absolute Gasteiger partial charge is 0.490 e. The van der Waals surface area contributed by atoms with Gasteiger partial charge >= 0.3 is 0 Å². The van der Waals surface area contributed by atoms with Crippen LogP contribution in [0.4, 0.5) is 0 Å². The number of aryl methyl sites for hydroxylation is 1. The van der Waals surface area contributed by atoms with Crippen LogP contribution in [0, 0.1) is 6.92 Å². The highest BCUT2D eigenvalue weighted by molar-refractivity contribution is 5.55. The number of fused-ring (bicyclic) bond motifs is 1. The molecule has 4 rings (SSSR count). The number of hydrogen-bond acceptors (Lipinski definition) is 5. The number of nitrogens with zero attached hydrogens (tertiary/aromatic N) is 2. The van der Waals surface area contributed by atoms with Gasteiger partial charge in [0.2, 0.25) is 0 Å². The molecule has 1 N–H and O–H groups in total. The standard InChI is InChI=1S/C25H29N3O3/c1-4-30-22-11-8-18(14-23(22)31-5-2)15-28-13-12-20-21(16-28)26-24(27-25(20)29)19-9-6-17(3)7-10-19/h6-11,14H,4-5,12-13,15-16H2,1-3H3,(H,26,27,29). The number of aromatic nitrogens is 2. The summed E-state index contributed by atoms with van der Waals surface area (Å²) in [4.78, 5) is 22.7. The summed E-state index contributed by atoms with van der Waals surface area (Å²) in [5, 5.41) is 0. The number of rotatable bonds is 7. The maximum atomic E-state index is 12.7. The molecule has 0 bridgehead atoms. The van der Waals surface area contributed by atoms with Crippen LogP contribution in [0.1, 0.15) is 36.2 Å². The Morgan fingerprint density at radius 2 is 1.77 bits per heavy atom. The van der Waals surface area contributed by atoms with Crippen LogP contribution in [0.5, 0.6) is 11.5 Å². The number of benzene rings is 2. The van der Waals surface area contributed by atoms with Crippen LogP contribution < -0.4 is 15.0 Å². The maximum Gasteiger partial charge on any atom is 0.254 e. The monoisotopic (exact) mass is 419 g/mol. The van der Waals surface area contributed by atoms with E-state index in [-0.39, 0.29) is 5.56 Å². The lowest BCUT2D eigenvalue weighted by Crippen LogP contribution is -2.35. The normalized spacial score (nSPS) is 13.6. The molecule has 6 heteroatoms. The minimum absolute atomic E-state index is 0.0278. The Morgan fingerprint density at radius 1 is 1.03 bits per heavy atom. The summed E-state index contributed by atoms with van der Waals surface area (Å²) in [7, 11) is 0. The first kappa shape index (κ1) is 21.1. The zero-order valence-corrected chi connectivity index (χ0v) is 18.4. The molecule has 0 aliphatic carbocycles. The Labute approximate surface area is 182 Å². The second kappa shape index (κ2) is 9.35. The lowest BCUT2D eigenvalue weighted by atomic mass is 10.0. The second-order valence-corrected chi connectivity index (χ2v) is 7.81. The third-order valence-corrected chi connectivity index (χ3v) is 5.49. The summed E-state index contributed by atoms with van der Waals surface area (Å²) in [5.41, 5.74) is 4.89. The molecule has 1 aromatic heterocycles. The van der Waals surface area contributed by atoms with Crippen LogP contribution in [-0.2, 0) is 19.5 Å². The first-order chi connectivity index (χ1) is 15.1. The highest BCUT2D eigenvalue weighted by atomic mass is 16.5. The van der Waals surface area contributed by atoms with E-state index in [4.69, 9.17) is 14.5 Å². The van der Waals surface area contributed by atoms with E-state index in [1.165, 1.54) is 5.56 Å². The SMILES string of the molecule is CCOc1ccc(CN2CCc3c(nc(-c4ccc(C)cc4)[nH]c3=O)C2)cc1OCC. The molecule has 0 spiro atoms. The second-order valence-electron chi connectivity index (χ2n) is 7.81. The molecule has 0 amide bonds. The summed E-state index contributed by atoms with van der Waals surface area (Å²) in [5.74, 6) is 2.17. The molecular formula is C25H29N3O3. The van der Waals surface area contributed by atoms with Crippen LogP contribution in [-0.4, -0.2) is 34.6 Å². The van der Waals surface area contributed by atoms with Gasteiger partial charge in [0.1, 0.15) is 5.82 Å². The van der Waals surface area contributed by atoms with Crippen LogP contribution in [0.3, 0.4) is 0 Å².